The summed E-state index contributed by atoms with van der Waals surface area (Å²) in [4.78, 5) is 16.9. The molecule has 0 saturated heterocycles. The predicted molar refractivity (Wildman–Crippen MR) is 125 cm³/mol. The summed E-state index contributed by atoms with van der Waals surface area (Å²) in [7, 11) is -3.92. The number of furan rings is 1. The lowest BCUT2D eigenvalue weighted by molar-refractivity contribution is -0.122. The molecular formula is C24H25N5O4S. The van der Waals surface area contributed by atoms with Gasteiger partial charge in [-0.15, -0.1) is 0 Å². The highest BCUT2D eigenvalue weighted by molar-refractivity contribution is 7.89. The highest BCUT2D eigenvalue weighted by Gasteiger charge is 2.28. The number of amides is 1. The first-order valence-corrected chi connectivity index (χ1v) is 12.1. The molecule has 0 aliphatic rings. The van der Waals surface area contributed by atoms with Crippen molar-refractivity contribution in [1.82, 2.24) is 24.4 Å². The van der Waals surface area contributed by atoms with Gasteiger partial charge in [0.25, 0.3) is 0 Å². The van der Waals surface area contributed by atoms with Crippen LogP contribution in [-0.2, 0) is 21.4 Å². The van der Waals surface area contributed by atoms with Crippen LogP contribution in [-0.4, -0.2) is 39.9 Å². The third kappa shape index (κ3) is 5.41. The van der Waals surface area contributed by atoms with Gasteiger partial charge >= 0.3 is 0 Å². The molecule has 2 aromatic carbocycles. The molecule has 176 valence electrons. The Morgan fingerprint density at radius 1 is 1.12 bits per heavy atom. The highest BCUT2D eigenvalue weighted by atomic mass is 32.2. The van der Waals surface area contributed by atoms with E-state index in [4.69, 9.17) is 4.42 Å². The van der Waals surface area contributed by atoms with Gasteiger partial charge in [0, 0.05) is 0 Å². The first-order valence-electron chi connectivity index (χ1n) is 10.7. The Hall–Kier alpha value is -3.76. The number of benzene rings is 2. The van der Waals surface area contributed by atoms with Gasteiger partial charge in [0.15, 0.2) is 0 Å². The van der Waals surface area contributed by atoms with Gasteiger partial charge in [0.1, 0.15) is 18.4 Å². The maximum atomic E-state index is 13.3. The number of nitrogens with one attached hydrogen (secondary N) is 1. The largest absolute Gasteiger partial charge is 0.468 e. The number of nitrogens with zero attached hydrogens (tertiary/aromatic N) is 4. The summed E-state index contributed by atoms with van der Waals surface area (Å²) >= 11 is 0. The molecular weight excluding hydrogens is 454 g/mol. The summed E-state index contributed by atoms with van der Waals surface area (Å²) in [6.45, 7) is 3.31. The van der Waals surface area contributed by atoms with E-state index in [0.717, 1.165) is 21.1 Å². The highest BCUT2D eigenvalue weighted by Crippen LogP contribution is 2.20. The minimum Gasteiger partial charge on any atom is -0.468 e. The lowest BCUT2D eigenvalue weighted by Gasteiger charge is -2.22. The van der Waals surface area contributed by atoms with E-state index >= 15 is 0 Å². The summed E-state index contributed by atoms with van der Waals surface area (Å²) in [5, 5.41) is 6.97. The second-order valence-corrected chi connectivity index (χ2v) is 9.82. The molecule has 0 fully saturated rings. The Kier molecular flexibility index (Phi) is 6.90. The van der Waals surface area contributed by atoms with Crippen molar-refractivity contribution in [2.75, 3.05) is 6.54 Å². The number of aryl methyl sites for hydroxylation is 1. The maximum Gasteiger partial charge on any atom is 0.243 e. The predicted octanol–water partition coefficient (Wildman–Crippen LogP) is 3.24. The standard InChI is InChI=1S/C24H25N5O4S/c1-18-5-11-23(12-6-18)34(31,32)28(14-22-4-3-13-33-22)15-24(30)27-19(2)20-7-9-21(10-8-20)29-17-25-16-26-29/h3-13,16-17,19H,14-15H2,1-2H3,(H,27,30). The Bertz CT molecular complexity index is 1320. The van der Waals surface area contributed by atoms with Crippen molar-refractivity contribution in [2.45, 2.75) is 31.3 Å². The minimum absolute atomic E-state index is 0.0579. The van der Waals surface area contributed by atoms with Gasteiger partial charge in [-0.2, -0.15) is 9.40 Å². The molecule has 0 bridgehead atoms. The summed E-state index contributed by atoms with van der Waals surface area (Å²) in [6.07, 6.45) is 4.52. The molecule has 34 heavy (non-hydrogen) atoms. The Morgan fingerprint density at radius 2 is 1.85 bits per heavy atom. The number of carbonyl (C=O) groups excluding carboxylic acids is 1. The molecule has 10 heteroatoms. The number of hydrogen-bond donors (Lipinski definition) is 1. The average molecular weight is 480 g/mol. The van der Waals surface area contributed by atoms with Crippen LogP contribution in [0, 0.1) is 6.92 Å². The Labute approximate surface area is 198 Å². The molecule has 4 aromatic rings. The fourth-order valence-electron chi connectivity index (χ4n) is 3.45. The number of rotatable bonds is 9. The molecule has 0 radical (unpaired) electrons. The normalized spacial score (nSPS) is 12.6. The van der Waals surface area contributed by atoms with E-state index in [0.29, 0.717) is 5.76 Å². The smallest absolute Gasteiger partial charge is 0.243 e. The van der Waals surface area contributed by atoms with Crippen molar-refractivity contribution in [1.29, 1.82) is 0 Å². The second kappa shape index (κ2) is 10.0. The third-order valence-electron chi connectivity index (χ3n) is 5.34. The van der Waals surface area contributed by atoms with E-state index in [1.807, 2.05) is 38.1 Å². The van der Waals surface area contributed by atoms with Crippen molar-refractivity contribution in [3.8, 4) is 5.69 Å². The number of aromatic nitrogens is 3. The molecule has 0 aliphatic heterocycles. The zero-order chi connectivity index (χ0) is 24.1. The van der Waals surface area contributed by atoms with Crippen LogP contribution in [0.2, 0.25) is 0 Å². The topological polar surface area (TPSA) is 110 Å². The van der Waals surface area contributed by atoms with Crippen LogP contribution in [0.5, 0.6) is 0 Å². The van der Waals surface area contributed by atoms with Crippen LogP contribution in [0.1, 0.15) is 29.9 Å². The van der Waals surface area contributed by atoms with Crippen LogP contribution < -0.4 is 5.32 Å². The quantitative estimate of drug-likeness (QED) is 0.395. The van der Waals surface area contributed by atoms with Crippen molar-refractivity contribution in [3.05, 3.63) is 96.5 Å². The summed E-state index contributed by atoms with van der Waals surface area (Å²) < 4.78 is 34.7. The summed E-state index contributed by atoms with van der Waals surface area (Å²) in [6, 6.07) is 17.1. The van der Waals surface area contributed by atoms with Crippen molar-refractivity contribution in [2.24, 2.45) is 0 Å². The van der Waals surface area contributed by atoms with Crippen LogP contribution in [0.4, 0.5) is 0 Å². The lowest BCUT2D eigenvalue weighted by atomic mass is 10.1. The van der Waals surface area contributed by atoms with Gasteiger partial charge in [-0.25, -0.2) is 18.1 Å². The van der Waals surface area contributed by atoms with E-state index < -0.39 is 15.9 Å². The molecule has 2 aromatic heterocycles. The van der Waals surface area contributed by atoms with Crippen molar-refractivity contribution in [3.63, 3.8) is 0 Å². The zero-order valence-electron chi connectivity index (χ0n) is 18.8. The maximum absolute atomic E-state index is 13.3. The monoisotopic (exact) mass is 479 g/mol. The Balaban J connectivity index is 1.48. The van der Waals surface area contributed by atoms with Gasteiger partial charge in [0.05, 0.1) is 36.0 Å². The fourth-order valence-corrected chi connectivity index (χ4v) is 4.81. The van der Waals surface area contributed by atoms with Crippen LogP contribution >= 0.6 is 0 Å². The number of sulfonamides is 1. The first-order chi connectivity index (χ1) is 16.3. The van der Waals surface area contributed by atoms with E-state index in [2.05, 4.69) is 15.4 Å². The fraction of sp³-hybridized carbons (Fsp3) is 0.208. The van der Waals surface area contributed by atoms with E-state index in [1.54, 1.807) is 35.3 Å². The summed E-state index contributed by atoms with van der Waals surface area (Å²) in [5.74, 6) is 0.0235. The molecule has 1 atom stereocenters. The van der Waals surface area contributed by atoms with E-state index in [-0.39, 0.29) is 24.0 Å². The van der Waals surface area contributed by atoms with Crippen molar-refractivity contribution < 1.29 is 17.6 Å². The van der Waals surface area contributed by atoms with E-state index in [9.17, 15) is 13.2 Å². The second-order valence-electron chi connectivity index (χ2n) is 7.89. The molecule has 0 aliphatic carbocycles. The molecule has 1 unspecified atom stereocenters. The Morgan fingerprint density at radius 3 is 2.47 bits per heavy atom. The van der Waals surface area contributed by atoms with Crippen LogP contribution in [0.25, 0.3) is 5.69 Å². The van der Waals surface area contributed by atoms with Gasteiger partial charge < -0.3 is 9.73 Å². The third-order valence-corrected chi connectivity index (χ3v) is 7.15. The SMILES string of the molecule is Cc1ccc(S(=O)(=O)N(CC(=O)NC(C)c2ccc(-n3cncn3)cc2)Cc2ccco2)cc1. The molecule has 1 amide bonds. The molecule has 2 heterocycles. The number of carbonyl (C=O) groups is 1. The first kappa shape index (κ1) is 23.4. The lowest BCUT2D eigenvalue weighted by Crippen LogP contribution is -2.41. The van der Waals surface area contributed by atoms with E-state index in [1.165, 1.54) is 24.7 Å². The average Bonchev–Trinajstić information content (AvgIpc) is 3.54. The van der Waals surface area contributed by atoms with Crippen molar-refractivity contribution >= 4 is 15.9 Å². The van der Waals surface area contributed by atoms with Crippen LogP contribution in [0.15, 0.2) is 88.9 Å². The molecule has 0 spiro atoms. The molecule has 9 nitrogen and oxygen atoms in total. The summed E-state index contributed by atoms with van der Waals surface area (Å²) in [5.41, 5.74) is 2.66. The van der Waals surface area contributed by atoms with Crippen LogP contribution in [0.3, 0.4) is 0 Å². The zero-order valence-corrected chi connectivity index (χ0v) is 19.6. The minimum atomic E-state index is -3.92. The van der Waals surface area contributed by atoms with Gasteiger partial charge in [-0.05, 0) is 55.8 Å². The van der Waals surface area contributed by atoms with Gasteiger partial charge in [-0.3, -0.25) is 4.79 Å². The molecule has 0 saturated carbocycles. The van der Waals surface area contributed by atoms with Gasteiger partial charge in [-0.1, -0.05) is 29.8 Å². The van der Waals surface area contributed by atoms with Gasteiger partial charge in [0.2, 0.25) is 15.9 Å². The molecule has 1 N–H and O–H groups in total. The molecule has 4 rings (SSSR count). The number of hydrogen-bond acceptors (Lipinski definition) is 6.